The van der Waals surface area contributed by atoms with Crippen LogP contribution in [0.1, 0.15) is 37.4 Å². The molecule has 1 aliphatic rings. The monoisotopic (exact) mass is 458 g/mol. The molecule has 0 saturated carbocycles. The van der Waals surface area contributed by atoms with Crippen molar-refractivity contribution in [2.45, 2.75) is 19.6 Å². The Hall–Kier alpha value is -4.04. The number of amides is 2. The van der Waals surface area contributed by atoms with Crippen molar-refractivity contribution in [3.63, 3.8) is 0 Å². The number of rotatable bonds is 4. The first kappa shape index (κ1) is 21.8. The minimum atomic E-state index is -0.526. The first-order chi connectivity index (χ1) is 16.4. The second kappa shape index (κ2) is 8.72. The molecule has 5 rings (SSSR count). The highest BCUT2D eigenvalue weighted by atomic mass is 19.1. The molecule has 0 bridgehead atoms. The lowest BCUT2D eigenvalue weighted by Crippen LogP contribution is -2.36. The fourth-order valence-corrected chi connectivity index (χ4v) is 4.31. The van der Waals surface area contributed by atoms with E-state index in [2.05, 4.69) is 10.4 Å². The van der Waals surface area contributed by atoms with Gasteiger partial charge in [-0.1, -0.05) is 6.07 Å². The van der Waals surface area contributed by atoms with Gasteiger partial charge in [-0.25, -0.2) is 4.39 Å². The summed E-state index contributed by atoms with van der Waals surface area (Å²) in [6.07, 6.45) is 2.59. The molecule has 172 valence electrons. The maximum absolute atomic E-state index is 13.6. The minimum absolute atomic E-state index is 0.0610. The van der Waals surface area contributed by atoms with Crippen molar-refractivity contribution in [2.75, 3.05) is 11.9 Å². The summed E-state index contributed by atoms with van der Waals surface area (Å²) in [6.45, 7) is 0.555. The summed E-state index contributed by atoms with van der Waals surface area (Å²) < 4.78 is 15.3. The number of nitrogens with zero attached hydrogens (tertiary/aromatic N) is 3. The Morgan fingerprint density at radius 1 is 1.06 bits per heavy atom. The predicted molar refractivity (Wildman–Crippen MR) is 126 cm³/mol. The number of hydrogen-bond donors (Lipinski definition) is 2. The van der Waals surface area contributed by atoms with E-state index in [9.17, 15) is 19.1 Å². The molecular formula is C26H23FN4O3. The SMILES string of the molecule is Cn1cc2cc(C(=O)N3CCc4ccc(C(=O)Nc5ccc(F)c(CO)c5)cc4C3)ccc2n1. The quantitative estimate of drug-likeness (QED) is 0.489. The number of carbonyl (C=O) groups excluding carboxylic acids is 2. The molecule has 3 aromatic carbocycles. The second-order valence-corrected chi connectivity index (χ2v) is 8.45. The molecule has 2 amide bonds. The van der Waals surface area contributed by atoms with Crippen LogP contribution in [0.25, 0.3) is 10.9 Å². The van der Waals surface area contributed by atoms with Crippen LogP contribution in [0.4, 0.5) is 10.1 Å². The van der Waals surface area contributed by atoms with E-state index in [4.69, 9.17) is 0 Å². The number of aromatic nitrogens is 2. The van der Waals surface area contributed by atoms with Crippen LogP contribution in [-0.4, -0.2) is 38.1 Å². The standard InChI is InChI=1S/C26H23FN4O3/c1-30-13-20-11-18(4-7-24(20)29-30)26(34)31-9-8-16-2-3-17(10-19(16)14-31)25(33)28-22-5-6-23(27)21(12-22)15-32/h2-7,10-13,32H,8-9,14-15H2,1H3,(H,28,33). The van der Waals surface area contributed by atoms with Gasteiger partial charge in [0, 0.05) is 54.1 Å². The number of aliphatic hydroxyl groups is 1. The van der Waals surface area contributed by atoms with E-state index in [1.165, 1.54) is 18.2 Å². The molecule has 7 nitrogen and oxygen atoms in total. The van der Waals surface area contributed by atoms with Gasteiger partial charge in [0.05, 0.1) is 12.1 Å². The van der Waals surface area contributed by atoms with Crippen molar-refractivity contribution >= 4 is 28.4 Å². The number of nitrogens with one attached hydrogen (secondary N) is 1. The fraction of sp³-hybridized carbons (Fsp3) is 0.192. The van der Waals surface area contributed by atoms with Crippen LogP contribution in [0.15, 0.2) is 60.8 Å². The second-order valence-electron chi connectivity index (χ2n) is 8.45. The maximum atomic E-state index is 13.6. The van der Waals surface area contributed by atoms with Crippen LogP contribution < -0.4 is 5.32 Å². The number of anilines is 1. The van der Waals surface area contributed by atoms with Gasteiger partial charge < -0.3 is 15.3 Å². The summed E-state index contributed by atoms with van der Waals surface area (Å²) in [7, 11) is 1.85. The largest absolute Gasteiger partial charge is 0.392 e. The molecule has 0 saturated heterocycles. The average Bonchev–Trinajstić information content (AvgIpc) is 3.23. The van der Waals surface area contributed by atoms with Crippen LogP contribution >= 0.6 is 0 Å². The molecule has 1 aromatic heterocycles. The van der Waals surface area contributed by atoms with E-state index in [-0.39, 0.29) is 17.4 Å². The summed E-state index contributed by atoms with van der Waals surface area (Å²) in [5.41, 5.74) is 4.43. The first-order valence-electron chi connectivity index (χ1n) is 11.0. The van der Waals surface area contributed by atoms with Crippen molar-refractivity contribution in [3.8, 4) is 0 Å². The Bertz CT molecular complexity index is 1430. The van der Waals surface area contributed by atoms with Gasteiger partial charge in [0.1, 0.15) is 5.82 Å². The molecule has 0 aliphatic carbocycles. The molecule has 2 N–H and O–H groups in total. The van der Waals surface area contributed by atoms with E-state index in [0.717, 1.165) is 22.0 Å². The molecule has 0 fully saturated rings. The zero-order chi connectivity index (χ0) is 23.8. The van der Waals surface area contributed by atoms with Crippen LogP contribution in [0.5, 0.6) is 0 Å². The maximum Gasteiger partial charge on any atom is 0.255 e. The summed E-state index contributed by atoms with van der Waals surface area (Å²) in [5.74, 6) is -0.931. The van der Waals surface area contributed by atoms with Crippen molar-refractivity contribution in [3.05, 3.63) is 94.4 Å². The third-order valence-corrected chi connectivity index (χ3v) is 6.11. The normalized spacial score (nSPS) is 13.1. The molecule has 0 unspecified atom stereocenters. The summed E-state index contributed by atoms with van der Waals surface area (Å²) >= 11 is 0. The molecule has 1 aliphatic heterocycles. The predicted octanol–water partition coefficient (Wildman–Crippen LogP) is 3.66. The highest BCUT2D eigenvalue weighted by Crippen LogP contribution is 2.24. The van der Waals surface area contributed by atoms with Gasteiger partial charge in [-0.15, -0.1) is 0 Å². The number of benzene rings is 3. The zero-order valence-corrected chi connectivity index (χ0v) is 18.6. The summed E-state index contributed by atoms with van der Waals surface area (Å²) in [5, 5.41) is 17.2. The lowest BCUT2D eigenvalue weighted by molar-refractivity contribution is 0.0735. The summed E-state index contributed by atoms with van der Waals surface area (Å²) in [6, 6.07) is 15.0. The first-order valence-corrected chi connectivity index (χ1v) is 11.0. The highest BCUT2D eigenvalue weighted by molar-refractivity contribution is 6.04. The van der Waals surface area contributed by atoms with Gasteiger partial charge in [-0.2, -0.15) is 5.10 Å². The number of halogens is 1. The van der Waals surface area contributed by atoms with Crippen molar-refractivity contribution in [1.82, 2.24) is 14.7 Å². The summed E-state index contributed by atoms with van der Waals surface area (Å²) in [4.78, 5) is 27.8. The lowest BCUT2D eigenvalue weighted by Gasteiger charge is -2.29. The highest BCUT2D eigenvalue weighted by Gasteiger charge is 2.23. The van der Waals surface area contributed by atoms with Gasteiger partial charge in [0.2, 0.25) is 0 Å². The molecule has 0 spiro atoms. The van der Waals surface area contributed by atoms with Crippen molar-refractivity contribution < 1.29 is 19.1 Å². The molecule has 4 aromatic rings. The van der Waals surface area contributed by atoms with Gasteiger partial charge in [-0.3, -0.25) is 14.3 Å². The van der Waals surface area contributed by atoms with Gasteiger partial charge in [0.15, 0.2) is 0 Å². The molecule has 34 heavy (non-hydrogen) atoms. The number of carbonyl (C=O) groups is 2. The Balaban J connectivity index is 1.34. The zero-order valence-electron chi connectivity index (χ0n) is 18.6. The van der Waals surface area contributed by atoms with E-state index in [1.54, 1.807) is 27.8 Å². The molecule has 2 heterocycles. The van der Waals surface area contributed by atoms with E-state index in [1.807, 2.05) is 31.4 Å². The van der Waals surface area contributed by atoms with Gasteiger partial charge in [-0.05, 0) is 66.1 Å². The Labute approximate surface area is 195 Å². The third kappa shape index (κ3) is 4.15. The van der Waals surface area contributed by atoms with E-state index >= 15 is 0 Å². The number of aliphatic hydroxyl groups excluding tert-OH is 1. The van der Waals surface area contributed by atoms with Crippen molar-refractivity contribution in [2.24, 2.45) is 7.05 Å². The fourth-order valence-electron chi connectivity index (χ4n) is 4.31. The Morgan fingerprint density at radius 2 is 1.88 bits per heavy atom. The topological polar surface area (TPSA) is 87.5 Å². The van der Waals surface area contributed by atoms with Crippen LogP contribution in [0.2, 0.25) is 0 Å². The Kier molecular flexibility index (Phi) is 5.59. The van der Waals surface area contributed by atoms with Gasteiger partial charge in [0.25, 0.3) is 11.8 Å². The van der Waals surface area contributed by atoms with Crippen LogP contribution in [0, 0.1) is 5.82 Å². The lowest BCUT2D eigenvalue weighted by atomic mass is 9.96. The van der Waals surface area contributed by atoms with Crippen LogP contribution in [-0.2, 0) is 26.6 Å². The average molecular weight is 458 g/mol. The number of fused-ring (bicyclic) bond motifs is 2. The molecule has 0 radical (unpaired) electrons. The smallest absolute Gasteiger partial charge is 0.255 e. The third-order valence-electron chi connectivity index (χ3n) is 6.11. The van der Waals surface area contributed by atoms with E-state index < -0.39 is 12.4 Å². The van der Waals surface area contributed by atoms with Crippen LogP contribution in [0.3, 0.4) is 0 Å². The number of aryl methyl sites for hydroxylation is 1. The van der Waals surface area contributed by atoms with E-state index in [0.29, 0.717) is 36.3 Å². The Morgan fingerprint density at radius 3 is 2.71 bits per heavy atom. The number of hydrogen-bond acceptors (Lipinski definition) is 4. The molecule has 8 heteroatoms. The minimum Gasteiger partial charge on any atom is -0.392 e. The molecule has 0 atom stereocenters. The van der Waals surface area contributed by atoms with Gasteiger partial charge >= 0.3 is 0 Å². The molecular weight excluding hydrogens is 435 g/mol. The van der Waals surface area contributed by atoms with Crippen molar-refractivity contribution in [1.29, 1.82) is 0 Å².